The third-order valence-electron chi connectivity index (χ3n) is 11.6. The molecular weight excluding hydrogens is 682 g/mol. The van der Waals surface area contributed by atoms with Crippen LogP contribution in [0.5, 0.6) is 0 Å². The number of carbonyl (C=O) groups excluding carboxylic acids is 4. The average molecular weight is 744 g/mol. The molecule has 3 aliphatic rings. The number of hydrogen-bond donors (Lipinski definition) is 2. The maximum atomic E-state index is 14.6. The predicted molar refractivity (Wildman–Crippen MR) is 198 cm³/mol. The lowest BCUT2D eigenvalue weighted by Gasteiger charge is -2.47. The zero-order chi connectivity index (χ0) is 39.4. The molecule has 0 aliphatic carbocycles. The number of Topliss-reactive ketones (excluding diaryl/α,β-unsaturated/α-hetero) is 2. The summed E-state index contributed by atoms with van der Waals surface area (Å²) in [7, 11) is 5.22. The van der Waals surface area contributed by atoms with Gasteiger partial charge in [0.2, 0.25) is 0 Å². The fourth-order valence-corrected chi connectivity index (χ4v) is 8.44. The number of ketones is 2. The molecule has 13 nitrogen and oxygen atoms in total. The van der Waals surface area contributed by atoms with Crippen LogP contribution < -0.4 is 5.43 Å². The summed E-state index contributed by atoms with van der Waals surface area (Å²) < 4.78 is 30.9. The summed E-state index contributed by atoms with van der Waals surface area (Å²) >= 11 is 0. The van der Waals surface area contributed by atoms with Crippen LogP contribution in [0.3, 0.4) is 0 Å². The highest BCUT2D eigenvalue weighted by atomic mass is 16.7. The molecule has 3 fully saturated rings. The number of fused-ring (bicyclic) bond motifs is 1. The topological polar surface area (TPSA) is 153 Å². The number of hydrazine groups is 1. The van der Waals surface area contributed by atoms with E-state index in [1.54, 1.807) is 41.5 Å². The van der Waals surface area contributed by atoms with Crippen molar-refractivity contribution in [3.63, 3.8) is 0 Å². The third-order valence-corrected chi connectivity index (χ3v) is 11.6. The minimum absolute atomic E-state index is 0.117. The molecular formula is C40H61N3O10. The molecule has 13 heteroatoms. The number of likely N-dealkylation sites (N-methyl/N-ethyl adjacent to an activating group) is 1. The van der Waals surface area contributed by atoms with Gasteiger partial charge in [0.1, 0.15) is 30.0 Å². The van der Waals surface area contributed by atoms with Crippen LogP contribution in [0.4, 0.5) is 4.79 Å². The Hall–Kier alpha value is -3.20. The Balaban J connectivity index is 1.74. The highest BCUT2D eigenvalue weighted by Crippen LogP contribution is 2.42. The highest BCUT2D eigenvalue weighted by Gasteiger charge is 2.60. The van der Waals surface area contributed by atoms with E-state index in [4.69, 9.17) is 23.7 Å². The second kappa shape index (κ2) is 17.5. The third kappa shape index (κ3) is 9.03. The standard InChI is InChI=1S/C40H61N3O10/c1-12-30-40(8)34(43(38(48)53-40)41-20-16-19-28-17-14-13-15-18-28)25(4)31(44)23(2)22-39(7,49-11)35(26(5)32(45)27(6)36(47)51-30)52-37-33(46)29(42(9)10)21-24(3)50-37/h13-19,23-27,29-30,33-35,37,41,46H,12,20-22H2,1-11H3/b19-16+/t23-,24-,25+,26+,27-,29+,30-,33-,34-,35-,37+,39-,40-/m1/s1. The minimum atomic E-state index is -1.45. The SMILES string of the molecule is CC[C@H]1OC(=O)[C@H](C)C(=O)[C@H](C)[C@@H](O[C@@H]2O[C@H](C)C[C@H](N(C)C)[C@H]2O)[C@](C)(OC)C[C@@H](C)C(=O)[C@H](C)[C@H]2N(NC/C=C/c3ccccc3)C(=O)O[C@]12C. The molecule has 4 rings (SSSR count). The molecule has 0 saturated carbocycles. The van der Waals surface area contributed by atoms with Crippen molar-refractivity contribution in [2.45, 2.75) is 129 Å². The van der Waals surface area contributed by atoms with Crippen LogP contribution in [0.15, 0.2) is 36.4 Å². The summed E-state index contributed by atoms with van der Waals surface area (Å²) in [6.07, 6.45) is -0.457. The van der Waals surface area contributed by atoms with Crippen LogP contribution in [0.1, 0.15) is 80.2 Å². The van der Waals surface area contributed by atoms with Crippen molar-refractivity contribution in [2.24, 2.45) is 23.7 Å². The van der Waals surface area contributed by atoms with Crippen molar-refractivity contribution < 1.29 is 48.0 Å². The number of nitrogens with zero attached hydrogens (tertiary/aromatic N) is 2. The number of hydrogen-bond acceptors (Lipinski definition) is 12. The van der Waals surface area contributed by atoms with Gasteiger partial charge in [-0.25, -0.2) is 15.2 Å². The molecule has 0 unspecified atom stereocenters. The molecule has 0 bridgehead atoms. The Morgan fingerprint density at radius 2 is 1.68 bits per heavy atom. The van der Waals surface area contributed by atoms with Gasteiger partial charge in [0, 0.05) is 37.5 Å². The van der Waals surface area contributed by atoms with Gasteiger partial charge in [-0.3, -0.25) is 14.4 Å². The first kappa shape index (κ1) is 42.5. The van der Waals surface area contributed by atoms with Gasteiger partial charge in [-0.2, -0.15) is 0 Å². The lowest BCUT2D eigenvalue weighted by atomic mass is 9.73. The summed E-state index contributed by atoms with van der Waals surface area (Å²) in [6.45, 7) is 14.1. The minimum Gasteiger partial charge on any atom is -0.458 e. The lowest BCUT2D eigenvalue weighted by molar-refractivity contribution is -0.295. The number of esters is 1. The van der Waals surface area contributed by atoms with Gasteiger partial charge in [-0.15, -0.1) is 0 Å². The molecule has 1 aromatic carbocycles. The first-order valence-electron chi connectivity index (χ1n) is 18.9. The highest BCUT2D eigenvalue weighted by molar-refractivity contribution is 6.00. The Labute approximate surface area is 314 Å². The van der Waals surface area contributed by atoms with Gasteiger partial charge in [0.15, 0.2) is 17.7 Å². The van der Waals surface area contributed by atoms with Crippen LogP contribution in [0.2, 0.25) is 0 Å². The molecule has 53 heavy (non-hydrogen) atoms. The number of aliphatic hydroxyl groups is 1. The molecule has 3 heterocycles. The zero-order valence-electron chi connectivity index (χ0n) is 33.2. The van der Waals surface area contributed by atoms with Gasteiger partial charge in [-0.1, -0.05) is 70.2 Å². The Morgan fingerprint density at radius 3 is 2.28 bits per heavy atom. The van der Waals surface area contributed by atoms with E-state index < -0.39 is 83.4 Å². The van der Waals surface area contributed by atoms with Crippen molar-refractivity contribution in [2.75, 3.05) is 27.7 Å². The van der Waals surface area contributed by atoms with Gasteiger partial charge in [0.25, 0.3) is 0 Å². The van der Waals surface area contributed by atoms with Crippen molar-refractivity contribution in [3.8, 4) is 0 Å². The summed E-state index contributed by atoms with van der Waals surface area (Å²) in [5.41, 5.74) is 1.40. The fourth-order valence-electron chi connectivity index (χ4n) is 8.44. The van der Waals surface area contributed by atoms with Crippen molar-refractivity contribution >= 4 is 29.7 Å². The normalized spacial score (nSPS) is 39.2. The van der Waals surface area contributed by atoms with E-state index in [9.17, 15) is 24.3 Å². The number of aliphatic hydroxyl groups excluding tert-OH is 1. The first-order valence-corrected chi connectivity index (χ1v) is 18.9. The number of carbonyl (C=O) groups is 4. The molecule has 3 saturated heterocycles. The zero-order valence-corrected chi connectivity index (χ0v) is 33.2. The fraction of sp³-hybridized carbons (Fsp3) is 0.700. The molecule has 13 atom stereocenters. The molecule has 296 valence electrons. The Kier molecular flexibility index (Phi) is 14.1. The van der Waals surface area contributed by atoms with E-state index in [0.717, 1.165) is 5.56 Å². The number of methoxy groups -OCH3 is 1. The van der Waals surface area contributed by atoms with E-state index in [1.807, 2.05) is 68.4 Å². The van der Waals surface area contributed by atoms with E-state index in [-0.39, 0.29) is 37.3 Å². The predicted octanol–water partition coefficient (Wildman–Crippen LogP) is 4.41. The largest absolute Gasteiger partial charge is 0.458 e. The molecule has 0 spiro atoms. The van der Waals surface area contributed by atoms with Gasteiger partial charge in [-0.05, 0) is 66.6 Å². The average Bonchev–Trinajstić information content (AvgIpc) is 3.39. The van der Waals surface area contributed by atoms with Crippen LogP contribution in [0.25, 0.3) is 6.08 Å². The summed E-state index contributed by atoms with van der Waals surface area (Å²) in [4.78, 5) is 58.2. The number of amides is 1. The number of cyclic esters (lactones) is 1. The first-order chi connectivity index (χ1) is 24.9. The van der Waals surface area contributed by atoms with Gasteiger partial charge >= 0.3 is 12.1 Å². The van der Waals surface area contributed by atoms with Gasteiger partial charge in [0.05, 0.1) is 17.8 Å². The van der Waals surface area contributed by atoms with Crippen molar-refractivity contribution in [3.05, 3.63) is 42.0 Å². The summed E-state index contributed by atoms with van der Waals surface area (Å²) in [6, 6.07) is 8.53. The summed E-state index contributed by atoms with van der Waals surface area (Å²) in [5, 5.41) is 12.7. The number of rotatable bonds is 9. The molecule has 1 aromatic rings. The Morgan fingerprint density at radius 1 is 1.02 bits per heavy atom. The smallest absolute Gasteiger partial charge is 0.425 e. The van der Waals surface area contributed by atoms with Crippen molar-refractivity contribution in [1.29, 1.82) is 0 Å². The van der Waals surface area contributed by atoms with E-state index in [0.29, 0.717) is 6.42 Å². The Bertz CT molecular complexity index is 1470. The van der Waals surface area contributed by atoms with Crippen LogP contribution in [-0.4, -0.2) is 120 Å². The van der Waals surface area contributed by atoms with Crippen LogP contribution in [0, 0.1) is 23.7 Å². The van der Waals surface area contributed by atoms with E-state index in [2.05, 4.69) is 5.43 Å². The summed E-state index contributed by atoms with van der Waals surface area (Å²) in [5.74, 6) is -5.08. The second-order valence-corrected chi connectivity index (χ2v) is 15.7. The molecule has 3 aliphatic heterocycles. The number of ether oxygens (including phenoxy) is 5. The molecule has 1 amide bonds. The monoisotopic (exact) mass is 743 g/mol. The number of benzene rings is 1. The van der Waals surface area contributed by atoms with Crippen molar-refractivity contribution in [1.82, 2.24) is 15.3 Å². The quantitative estimate of drug-likeness (QED) is 0.272. The lowest BCUT2D eigenvalue weighted by Crippen LogP contribution is -2.61. The maximum absolute atomic E-state index is 14.6. The van der Waals surface area contributed by atoms with Crippen LogP contribution >= 0.6 is 0 Å². The molecule has 2 N–H and O–H groups in total. The molecule has 0 aromatic heterocycles. The maximum Gasteiger partial charge on any atom is 0.425 e. The van der Waals surface area contributed by atoms with E-state index >= 15 is 0 Å². The molecule has 0 radical (unpaired) electrons. The van der Waals surface area contributed by atoms with E-state index in [1.165, 1.54) is 19.0 Å². The number of nitrogens with one attached hydrogen (secondary N) is 1. The second-order valence-electron chi connectivity index (χ2n) is 15.7. The van der Waals surface area contributed by atoms with Gasteiger partial charge < -0.3 is 33.7 Å². The van der Waals surface area contributed by atoms with Crippen LogP contribution in [-0.2, 0) is 38.1 Å².